The quantitative estimate of drug-likeness (QED) is 0.873. The van der Waals surface area contributed by atoms with Gasteiger partial charge in [-0.2, -0.15) is 0 Å². The van der Waals surface area contributed by atoms with E-state index in [2.05, 4.69) is 38.2 Å². The van der Waals surface area contributed by atoms with Crippen LogP contribution in [0.25, 0.3) is 0 Å². The second-order valence-electron chi connectivity index (χ2n) is 5.23. The number of hydrogen-bond acceptors (Lipinski definition) is 3. The monoisotopic (exact) mass is 249 g/mol. The summed E-state index contributed by atoms with van der Waals surface area (Å²) in [4.78, 5) is 0. The molecule has 1 fully saturated rings. The number of rotatable bonds is 2. The Morgan fingerprint density at radius 2 is 1.72 bits per heavy atom. The van der Waals surface area contributed by atoms with E-state index in [4.69, 9.17) is 9.47 Å². The Balaban J connectivity index is 2.29. The molecule has 3 nitrogen and oxygen atoms in total. The van der Waals surface area contributed by atoms with Gasteiger partial charge in [0.05, 0.1) is 19.3 Å². The highest BCUT2D eigenvalue weighted by Gasteiger charge is 2.35. The van der Waals surface area contributed by atoms with Crippen molar-refractivity contribution in [2.45, 2.75) is 39.5 Å². The number of hydrogen-bond donors (Lipinski definition) is 1. The number of nitrogens with one attached hydrogen (secondary N) is 1. The minimum absolute atomic E-state index is 0.282. The van der Waals surface area contributed by atoms with Crippen molar-refractivity contribution in [2.24, 2.45) is 0 Å². The van der Waals surface area contributed by atoms with Gasteiger partial charge in [-0.05, 0) is 51.4 Å². The lowest BCUT2D eigenvalue weighted by atomic mass is 9.94. The molecule has 100 valence electrons. The zero-order valence-electron chi connectivity index (χ0n) is 12.0. The Labute approximate surface area is 109 Å². The Bertz CT molecular complexity index is 434. The highest BCUT2D eigenvalue weighted by Crippen LogP contribution is 2.34. The summed E-state index contributed by atoms with van der Waals surface area (Å²) in [5.74, 6) is -0.615. The Hall–Kier alpha value is -0.900. The molecule has 1 aromatic rings. The molecule has 1 heterocycles. The van der Waals surface area contributed by atoms with Crippen molar-refractivity contribution in [3.63, 3.8) is 0 Å². The van der Waals surface area contributed by atoms with E-state index in [0.717, 1.165) is 5.56 Å². The number of benzene rings is 1. The molecule has 0 radical (unpaired) electrons. The summed E-state index contributed by atoms with van der Waals surface area (Å²) in [7, 11) is 1.93. The van der Waals surface area contributed by atoms with Gasteiger partial charge in [-0.25, -0.2) is 0 Å². The minimum atomic E-state index is -0.615. The molecule has 1 aliphatic heterocycles. The van der Waals surface area contributed by atoms with Crippen LogP contribution in [-0.4, -0.2) is 26.3 Å². The molecule has 0 atom stereocenters. The SMILES string of the molecule is CNC1COC(C)(c2ccc(C)c(C)c2C)OC1. The van der Waals surface area contributed by atoms with Crippen molar-refractivity contribution in [3.05, 3.63) is 34.4 Å². The molecule has 0 amide bonds. The van der Waals surface area contributed by atoms with Gasteiger partial charge in [-0.3, -0.25) is 0 Å². The minimum Gasteiger partial charge on any atom is -0.344 e. The predicted octanol–water partition coefficient (Wildman–Crippen LogP) is 2.42. The van der Waals surface area contributed by atoms with E-state index in [1.54, 1.807) is 0 Å². The zero-order chi connectivity index (χ0) is 13.3. The predicted molar refractivity (Wildman–Crippen MR) is 72.8 cm³/mol. The highest BCUT2D eigenvalue weighted by molar-refractivity contribution is 5.40. The van der Waals surface area contributed by atoms with Crippen molar-refractivity contribution in [3.8, 4) is 0 Å². The van der Waals surface area contributed by atoms with Crippen molar-refractivity contribution >= 4 is 0 Å². The molecule has 18 heavy (non-hydrogen) atoms. The van der Waals surface area contributed by atoms with Crippen LogP contribution in [0.5, 0.6) is 0 Å². The van der Waals surface area contributed by atoms with E-state index < -0.39 is 5.79 Å². The van der Waals surface area contributed by atoms with Gasteiger partial charge in [-0.1, -0.05) is 12.1 Å². The molecule has 0 aliphatic carbocycles. The second kappa shape index (κ2) is 5.00. The molecule has 1 saturated heterocycles. The average Bonchev–Trinajstić information content (AvgIpc) is 2.37. The lowest BCUT2D eigenvalue weighted by molar-refractivity contribution is -0.272. The molecular weight excluding hydrogens is 226 g/mol. The van der Waals surface area contributed by atoms with Crippen molar-refractivity contribution in [1.82, 2.24) is 5.32 Å². The summed E-state index contributed by atoms with van der Waals surface area (Å²) in [5, 5.41) is 3.18. The van der Waals surface area contributed by atoms with Crippen LogP contribution in [0.4, 0.5) is 0 Å². The Kier molecular flexibility index (Phi) is 3.76. The van der Waals surface area contributed by atoms with E-state index >= 15 is 0 Å². The molecule has 0 spiro atoms. The van der Waals surface area contributed by atoms with Gasteiger partial charge in [0.1, 0.15) is 0 Å². The van der Waals surface area contributed by atoms with Crippen molar-refractivity contribution < 1.29 is 9.47 Å². The summed E-state index contributed by atoms with van der Waals surface area (Å²) in [6, 6.07) is 4.54. The van der Waals surface area contributed by atoms with Gasteiger partial charge in [0, 0.05) is 5.56 Å². The second-order valence-corrected chi connectivity index (χ2v) is 5.23. The van der Waals surface area contributed by atoms with Crippen LogP contribution < -0.4 is 5.32 Å². The number of likely N-dealkylation sites (N-methyl/N-ethyl adjacent to an activating group) is 1. The van der Waals surface area contributed by atoms with Crippen LogP contribution in [-0.2, 0) is 15.3 Å². The third kappa shape index (κ3) is 2.30. The molecule has 1 N–H and O–H groups in total. The van der Waals surface area contributed by atoms with E-state index in [0.29, 0.717) is 13.2 Å². The lowest BCUT2D eigenvalue weighted by Crippen LogP contribution is -2.47. The van der Waals surface area contributed by atoms with Crippen LogP contribution in [0.15, 0.2) is 12.1 Å². The molecule has 1 aliphatic rings. The molecule has 3 heteroatoms. The maximum atomic E-state index is 5.95. The van der Waals surface area contributed by atoms with Gasteiger partial charge in [0.25, 0.3) is 0 Å². The summed E-state index contributed by atoms with van der Waals surface area (Å²) >= 11 is 0. The fraction of sp³-hybridized carbons (Fsp3) is 0.600. The fourth-order valence-electron chi connectivity index (χ4n) is 2.38. The van der Waals surface area contributed by atoms with Crippen LogP contribution in [0.3, 0.4) is 0 Å². The van der Waals surface area contributed by atoms with E-state index in [-0.39, 0.29) is 6.04 Å². The summed E-state index contributed by atoms with van der Waals surface area (Å²) in [6.45, 7) is 9.79. The third-order valence-corrected chi connectivity index (χ3v) is 4.08. The zero-order valence-corrected chi connectivity index (χ0v) is 12.0. The molecule has 1 aromatic carbocycles. The first kappa shape index (κ1) is 13.5. The first-order valence-electron chi connectivity index (χ1n) is 6.50. The third-order valence-electron chi connectivity index (χ3n) is 4.08. The Morgan fingerprint density at radius 3 is 2.28 bits per heavy atom. The fourth-order valence-corrected chi connectivity index (χ4v) is 2.38. The van der Waals surface area contributed by atoms with Gasteiger partial charge in [-0.15, -0.1) is 0 Å². The van der Waals surface area contributed by atoms with Crippen LogP contribution in [0.2, 0.25) is 0 Å². The smallest absolute Gasteiger partial charge is 0.192 e. The van der Waals surface area contributed by atoms with Crippen LogP contribution >= 0.6 is 0 Å². The first-order chi connectivity index (χ1) is 8.48. The maximum absolute atomic E-state index is 5.95. The topological polar surface area (TPSA) is 30.5 Å². The summed E-state index contributed by atoms with van der Waals surface area (Å²) in [5.41, 5.74) is 5.03. The van der Waals surface area contributed by atoms with Gasteiger partial charge < -0.3 is 14.8 Å². The first-order valence-corrected chi connectivity index (χ1v) is 6.50. The molecule has 0 aromatic heterocycles. The van der Waals surface area contributed by atoms with Gasteiger partial charge in [0.15, 0.2) is 5.79 Å². The van der Waals surface area contributed by atoms with Crippen LogP contribution in [0, 0.1) is 20.8 Å². The van der Waals surface area contributed by atoms with Crippen LogP contribution in [0.1, 0.15) is 29.2 Å². The van der Waals surface area contributed by atoms with Crippen molar-refractivity contribution in [2.75, 3.05) is 20.3 Å². The Morgan fingerprint density at radius 1 is 1.11 bits per heavy atom. The van der Waals surface area contributed by atoms with E-state index in [9.17, 15) is 0 Å². The molecular formula is C15H23NO2. The molecule has 0 unspecified atom stereocenters. The lowest BCUT2D eigenvalue weighted by Gasteiger charge is -2.39. The van der Waals surface area contributed by atoms with Gasteiger partial charge >= 0.3 is 0 Å². The summed E-state index contributed by atoms with van der Waals surface area (Å²) < 4.78 is 11.9. The maximum Gasteiger partial charge on any atom is 0.192 e. The van der Waals surface area contributed by atoms with E-state index in [1.165, 1.54) is 16.7 Å². The van der Waals surface area contributed by atoms with Crippen molar-refractivity contribution in [1.29, 1.82) is 0 Å². The molecule has 0 saturated carbocycles. The average molecular weight is 249 g/mol. The van der Waals surface area contributed by atoms with Gasteiger partial charge in [0.2, 0.25) is 0 Å². The molecule has 2 rings (SSSR count). The highest BCUT2D eigenvalue weighted by atomic mass is 16.7. The normalized spacial score (nSPS) is 28.4. The largest absolute Gasteiger partial charge is 0.344 e. The molecule has 0 bridgehead atoms. The number of aryl methyl sites for hydroxylation is 1. The standard InChI is InChI=1S/C15H23NO2/c1-10-6-7-14(12(3)11(10)2)15(4)17-8-13(16-5)9-18-15/h6-7,13,16H,8-9H2,1-5H3. The number of ether oxygens (including phenoxy) is 2. The summed E-state index contributed by atoms with van der Waals surface area (Å²) in [6.07, 6.45) is 0. The van der Waals surface area contributed by atoms with E-state index in [1.807, 2.05) is 14.0 Å².